The first kappa shape index (κ1) is 14.2. The molecule has 96 valence electrons. The van der Waals surface area contributed by atoms with Crippen LogP contribution in [0.5, 0.6) is 0 Å². The molecule has 1 nitrogen and oxygen atoms in total. The predicted molar refractivity (Wildman–Crippen MR) is 76.7 cm³/mol. The van der Waals surface area contributed by atoms with Crippen LogP contribution in [0.2, 0.25) is 0 Å². The third-order valence-electron chi connectivity index (χ3n) is 4.29. The molecule has 0 aromatic heterocycles. The Morgan fingerprint density at radius 2 is 1.12 bits per heavy atom. The summed E-state index contributed by atoms with van der Waals surface area (Å²) in [5.74, 6) is 0. The molecule has 0 heterocycles. The zero-order valence-corrected chi connectivity index (χ0v) is 12.1. The molecule has 1 aromatic rings. The lowest BCUT2D eigenvalue weighted by atomic mass is 9.87. The van der Waals surface area contributed by atoms with Gasteiger partial charge >= 0.3 is 0 Å². The first-order chi connectivity index (χ1) is 8.00. The minimum absolute atomic E-state index is 0.823. The van der Waals surface area contributed by atoms with E-state index in [9.17, 15) is 0 Å². The van der Waals surface area contributed by atoms with Gasteiger partial charge in [0.25, 0.3) is 0 Å². The van der Waals surface area contributed by atoms with Gasteiger partial charge in [-0.2, -0.15) is 0 Å². The van der Waals surface area contributed by atoms with Crippen molar-refractivity contribution in [3.63, 3.8) is 0 Å². The van der Waals surface area contributed by atoms with Crippen molar-refractivity contribution in [2.75, 3.05) is 6.54 Å². The van der Waals surface area contributed by atoms with E-state index in [-0.39, 0.29) is 0 Å². The van der Waals surface area contributed by atoms with Crippen molar-refractivity contribution >= 4 is 0 Å². The Morgan fingerprint density at radius 1 is 0.647 bits per heavy atom. The lowest BCUT2D eigenvalue weighted by molar-refractivity contribution is 0.683. The van der Waals surface area contributed by atoms with E-state index in [0.717, 1.165) is 13.0 Å². The van der Waals surface area contributed by atoms with Crippen molar-refractivity contribution < 1.29 is 0 Å². The number of hydrogen-bond acceptors (Lipinski definition) is 1. The molecule has 0 bridgehead atoms. The van der Waals surface area contributed by atoms with Gasteiger partial charge in [-0.1, -0.05) is 6.42 Å². The van der Waals surface area contributed by atoms with Crippen LogP contribution in [0.3, 0.4) is 0 Å². The predicted octanol–water partition coefficient (Wildman–Crippen LogP) is 3.90. The highest BCUT2D eigenvalue weighted by molar-refractivity contribution is 5.49. The molecule has 1 rings (SSSR count). The molecule has 0 spiro atoms. The van der Waals surface area contributed by atoms with Crippen molar-refractivity contribution in [1.82, 2.24) is 0 Å². The van der Waals surface area contributed by atoms with Gasteiger partial charge in [0.2, 0.25) is 0 Å². The van der Waals surface area contributed by atoms with Gasteiger partial charge in [-0.05, 0) is 93.8 Å². The highest BCUT2D eigenvalue weighted by atomic mass is 14.5. The maximum absolute atomic E-state index is 5.54. The first-order valence-electron chi connectivity index (χ1n) is 6.76. The van der Waals surface area contributed by atoms with Gasteiger partial charge in [0.15, 0.2) is 0 Å². The van der Waals surface area contributed by atoms with Gasteiger partial charge in [0, 0.05) is 0 Å². The van der Waals surface area contributed by atoms with E-state index in [1.807, 2.05) is 0 Å². The summed E-state index contributed by atoms with van der Waals surface area (Å²) >= 11 is 0. The van der Waals surface area contributed by atoms with Crippen molar-refractivity contribution in [2.24, 2.45) is 5.73 Å². The van der Waals surface area contributed by atoms with Crippen LogP contribution >= 0.6 is 0 Å². The molecule has 0 aliphatic rings. The minimum atomic E-state index is 0.823. The average Bonchev–Trinajstić information content (AvgIpc) is 2.33. The van der Waals surface area contributed by atoms with Crippen molar-refractivity contribution in [3.8, 4) is 0 Å². The van der Waals surface area contributed by atoms with Crippen LogP contribution in [0.25, 0.3) is 0 Å². The standard InChI is InChI=1S/C16H27N/c1-11-12(2)14(4)16(15(5)13(11)3)9-7-6-8-10-17/h6-10,17H2,1-5H3. The van der Waals surface area contributed by atoms with Gasteiger partial charge in [0.1, 0.15) is 0 Å². The fourth-order valence-corrected chi connectivity index (χ4v) is 2.58. The highest BCUT2D eigenvalue weighted by Gasteiger charge is 2.11. The third-order valence-corrected chi connectivity index (χ3v) is 4.29. The number of hydrogen-bond donors (Lipinski definition) is 1. The topological polar surface area (TPSA) is 26.0 Å². The molecule has 0 fully saturated rings. The van der Waals surface area contributed by atoms with Crippen LogP contribution in [0.4, 0.5) is 0 Å². The second kappa shape index (κ2) is 6.20. The van der Waals surface area contributed by atoms with Crippen molar-refractivity contribution in [2.45, 2.75) is 60.3 Å². The van der Waals surface area contributed by atoms with E-state index in [1.165, 1.54) is 47.1 Å². The average molecular weight is 233 g/mol. The Kier molecular flexibility index (Phi) is 5.20. The highest BCUT2D eigenvalue weighted by Crippen LogP contribution is 2.27. The Morgan fingerprint density at radius 3 is 1.59 bits per heavy atom. The van der Waals surface area contributed by atoms with E-state index in [2.05, 4.69) is 34.6 Å². The lowest BCUT2D eigenvalue weighted by Gasteiger charge is -2.18. The van der Waals surface area contributed by atoms with Gasteiger partial charge in [0.05, 0.1) is 0 Å². The molecule has 0 saturated carbocycles. The van der Waals surface area contributed by atoms with Gasteiger partial charge in [-0.15, -0.1) is 0 Å². The van der Waals surface area contributed by atoms with Crippen LogP contribution in [-0.4, -0.2) is 6.54 Å². The van der Waals surface area contributed by atoms with E-state index in [1.54, 1.807) is 5.56 Å². The van der Waals surface area contributed by atoms with Crippen molar-refractivity contribution in [1.29, 1.82) is 0 Å². The smallest absolute Gasteiger partial charge is 0.00773 e. The Hall–Kier alpha value is -0.820. The quantitative estimate of drug-likeness (QED) is 0.767. The van der Waals surface area contributed by atoms with Crippen LogP contribution in [0.15, 0.2) is 0 Å². The fourth-order valence-electron chi connectivity index (χ4n) is 2.58. The van der Waals surface area contributed by atoms with E-state index >= 15 is 0 Å². The molecule has 17 heavy (non-hydrogen) atoms. The molecule has 0 unspecified atom stereocenters. The molecule has 1 aromatic carbocycles. The molecule has 1 heteroatoms. The monoisotopic (exact) mass is 233 g/mol. The summed E-state index contributed by atoms with van der Waals surface area (Å²) in [5.41, 5.74) is 14.5. The SMILES string of the molecule is Cc1c(C)c(C)c(CCCCCN)c(C)c1C. The minimum Gasteiger partial charge on any atom is -0.330 e. The second-order valence-corrected chi connectivity index (χ2v) is 5.20. The van der Waals surface area contributed by atoms with E-state index in [4.69, 9.17) is 5.73 Å². The van der Waals surface area contributed by atoms with Crippen LogP contribution < -0.4 is 5.73 Å². The van der Waals surface area contributed by atoms with E-state index < -0.39 is 0 Å². The second-order valence-electron chi connectivity index (χ2n) is 5.20. The summed E-state index contributed by atoms with van der Waals surface area (Å²) in [4.78, 5) is 0. The van der Waals surface area contributed by atoms with E-state index in [0.29, 0.717) is 0 Å². The van der Waals surface area contributed by atoms with Gasteiger partial charge in [-0.25, -0.2) is 0 Å². The zero-order valence-electron chi connectivity index (χ0n) is 12.1. The van der Waals surface area contributed by atoms with Crippen LogP contribution in [-0.2, 0) is 6.42 Å². The first-order valence-corrected chi connectivity index (χ1v) is 6.76. The maximum Gasteiger partial charge on any atom is -0.00773 e. The molecule has 0 amide bonds. The Balaban J connectivity index is 2.92. The molecular weight excluding hydrogens is 206 g/mol. The summed E-state index contributed by atoms with van der Waals surface area (Å²) in [6, 6.07) is 0. The number of rotatable bonds is 5. The van der Waals surface area contributed by atoms with Gasteiger partial charge < -0.3 is 5.73 Å². The molecule has 0 radical (unpaired) electrons. The fraction of sp³-hybridized carbons (Fsp3) is 0.625. The van der Waals surface area contributed by atoms with Crippen LogP contribution in [0, 0.1) is 34.6 Å². The molecular formula is C16H27N. The lowest BCUT2D eigenvalue weighted by Crippen LogP contribution is -2.04. The van der Waals surface area contributed by atoms with Crippen LogP contribution in [0.1, 0.15) is 52.6 Å². The molecule has 0 aliphatic carbocycles. The normalized spacial score (nSPS) is 10.9. The van der Waals surface area contributed by atoms with Crippen molar-refractivity contribution in [3.05, 3.63) is 33.4 Å². The third kappa shape index (κ3) is 3.10. The molecule has 0 atom stereocenters. The summed E-state index contributed by atoms with van der Waals surface area (Å²) in [7, 11) is 0. The largest absolute Gasteiger partial charge is 0.330 e. The maximum atomic E-state index is 5.54. The summed E-state index contributed by atoms with van der Waals surface area (Å²) in [5, 5.41) is 0. The number of benzene rings is 1. The van der Waals surface area contributed by atoms with Gasteiger partial charge in [-0.3, -0.25) is 0 Å². The molecule has 2 N–H and O–H groups in total. The summed E-state index contributed by atoms with van der Waals surface area (Å²) in [6.45, 7) is 12.1. The number of nitrogens with two attached hydrogens (primary N) is 1. The Labute approximate surface area is 106 Å². The molecule has 0 aliphatic heterocycles. The summed E-state index contributed by atoms with van der Waals surface area (Å²) < 4.78 is 0. The number of unbranched alkanes of at least 4 members (excludes halogenated alkanes) is 2. The summed E-state index contributed by atoms with van der Waals surface area (Å²) in [6.07, 6.45) is 4.88. The molecule has 0 saturated heterocycles. The zero-order chi connectivity index (χ0) is 13.0. The Bertz CT molecular complexity index is 362.